The zero-order chi connectivity index (χ0) is 24.0. The summed E-state index contributed by atoms with van der Waals surface area (Å²) < 4.78 is 5.47. The SMILES string of the molecule is O=C(Oc1ccc(Sc2ccc(-c3ccccc3-c3ccccc3)cc2)c(Cl)c1)c1ccccc1.S. The van der Waals surface area contributed by atoms with Crippen molar-refractivity contribution in [1.82, 2.24) is 0 Å². The Balaban J connectivity index is 0.00000304. The van der Waals surface area contributed by atoms with Crippen molar-refractivity contribution in [3.63, 3.8) is 0 Å². The van der Waals surface area contributed by atoms with E-state index in [1.54, 1.807) is 48.2 Å². The van der Waals surface area contributed by atoms with Crippen LogP contribution in [0.2, 0.25) is 5.02 Å². The van der Waals surface area contributed by atoms with Gasteiger partial charge in [-0.2, -0.15) is 13.5 Å². The molecule has 0 atom stereocenters. The zero-order valence-electron chi connectivity index (χ0n) is 19.2. The highest BCUT2D eigenvalue weighted by Crippen LogP contribution is 2.37. The second-order valence-corrected chi connectivity index (χ2v) is 9.41. The minimum Gasteiger partial charge on any atom is -0.423 e. The molecular formula is C31H23ClO2S2. The number of carbonyl (C=O) groups excluding carboxylic acids is 1. The van der Waals surface area contributed by atoms with Crippen LogP contribution in [0.1, 0.15) is 10.4 Å². The van der Waals surface area contributed by atoms with E-state index >= 15 is 0 Å². The number of halogens is 1. The normalized spacial score (nSPS) is 10.4. The lowest BCUT2D eigenvalue weighted by atomic mass is 9.95. The average molecular weight is 527 g/mol. The quantitative estimate of drug-likeness (QED) is 0.163. The lowest BCUT2D eigenvalue weighted by molar-refractivity contribution is 0.0734. The molecule has 5 rings (SSSR count). The number of rotatable bonds is 6. The fourth-order valence-corrected chi connectivity index (χ4v) is 4.91. The van der Waals surface area contributed by atoms with Gasteiger partial charge in [0.1, 0.15) is 5.75 Å². The predicted molar refractivity (Wildman–Crippen MR) is 155 cm³/mol. The molecule has 0 amide bonds. The van der Waals surface area contributed by atoms with E-state index in [9.17, 15) is 4.79 Å². The molecule has 0 unspecified atom stereocenters. The van der Waals surface area contributed by atoms with Gasteiger partial charge in [-0.05, 0) is 58.7 Å². The van der Waals surface area contributed by atoms with Crippen molar-refractivity contribution in [1.29, 1.82) is 0 Å². The van der Waals surface area contributed by atoms with Gasteiger partial charge in [-0.15, -0.1) is 0 Å². The van der Waals surface area contributed by atoms with Crippen LogP contribution in [0.3, 0.4) is 0 Å². The van der Waals surface area contributed by atoms with Crippen molar-refractivity contribution in [3.8, 4) is 28.0 Å². The maximum atomic E-state index is 12.3. The summed E-state index contributed by atoms with van der Waals surface area (Å²) in [5, 5.41) is 0.534. The molecule has 178 valence electrons. The van der Waals surface area contributed by atoms with Crippen molar-refractivity contribution in [2.45, 2.75) is 9.79 Å². The van der Waals surface area contributed by atoms with Crippen molar-refractivity contribution >= 4 is 42.8 Å². The molecule has 0 heterocycles. The van der Waals surface area contributed by atoms with Gasteiger partial charge in [0.25, 0.3) is 0 Å². The Labute approximate surface area is 227 Å². The predicted octanol–water partition coefficient (Wildman–Crippen LogP) is 9.16. The van der Waals surface area contributed by atoms with Gasteiger partial charge < -0.3 is 4.74 Å². The molecule has 0 fully saturated rings. The van der Waals surface area contributed by atoms with E-state index in [1.807, 2.05) is 18.2 Å². The third-order valence-corrected chi connectivity index (χ3v) is 7.04. The molecule has 2 nitrogen and oxygen atoms in total. The third-order valence-electron chi connectivity index (χ3n) is 5.53. The molecule has 0 aliphatic rings. The zero-order valence-corrected chi connectivity index (χ0v) is 21.8. The molecule has 0 bridgehead atoms. The van der Waals surface area contributed by atoms with Crippen LogP contribution in [0.4, 0.5) is 0 Å². The molecule has 0 aromatic heterocycles. The first-order valence-electron chi connectivity index (χ1n) is 11.2. The van der Waals surface area contributed by atoms with Crippen LogP contribution in [-0.2, 0) is 0 Å². The lowest BCUT2D eigenvalue weighted by Gasteiger charge is -2.11. The first-order chi connectivity index (χ1) is 17.2. The van der Waals surface area contributed by atoms with Gasteiger partial charge in [-0.3, -0.25) is 0 Å². The number of hydrogen-bond donors (Lipinski definition) is 0. The summed E-state index contributed by atoms with van der Waals surface area (Å²) in [5.74, 6) is 0.00881. The molecule has 0 saturated carbocycles. The van der Waals surface area contributed by atoms with Gasteiger partial charge in [0.15, 0.2) is 0 Å². The van der Waals surface area contributed by atoms with Gasteiger partial charge in [0.2, 0.25) is 0 Å². The van der Waals surface area contributed by atoms with E-state index in [0.29, 0.717) is 16.3 Å². The topological polar surface area (TPSA) is 26.3 Å². The van der Waals surface area contributed by atoms with Gasteiger partial charge in [-0.25, -0.2) is 4.79 Å². The molecule has 0 N–H and O–H groups in total. The molecule has 0 aliphatic heterocycles. The molecule has 5 heteroatoms. The Morgan fingerprint density at radius 3 is 1.81 bits per heavy atom. The third kappa shape index (κ3) is 6.03. The van der Waals surface area contributed by atoms with Gasteiger partial charge in [0, 0.05) is 15.9 Å². The first kappa shape index (κ1) is 25.6. The van der Waals surface area contributed by atoms with Gasteiger partial charge in [0.05, 0.1) is 10.6 Å². The Kier molecular flexibility index (Phi) is 8.55. The van der Waals surface area contributed by atoms with Crippen molar-refractivity contribution in [2.24, 2.45) is 0 Å². The molecule has 5 aromatic rings. The van der Waals surface area contributed by atoms with Crippen LogP contribution in [0, 0.1) is 0 Å². The molecular weight excluding hydrogens is 504 g/mol. The monoisotopic (exact) mass is 526 g/mol. The number of ether oxygens (including phenoxy) is 1. The fourth-order valence-electron chi connectivity index (χ4n) is 3.80. The highest BCUT2D eigenvalue weighted by molar-refractivity contribution is 7.99. The van der Waals surface area contributed by atoms with Crippen LogP contribution in [0.25, 0.3) is 22.3 Å². The molecule has 0 spiro atoms. The van der Waals surface area contributed by atoms with Gasteiger partial charge >= 0.3 is 5.97 Å². The molecule has 0 saturated heterocycles. The molecule has 0 aliphatic carbocycles. The van der Waals surface area contributed by atoms with E-state index in [0.717, 1.165) is 15.4 Å². The number of carbonyl (C=O) groups is 1. The van der Waals surface area contributed by atoms with E-state index in [-0.39, 0.29) is 13.5 Å². The number of benzene rings is 5. The largest absolute Gasteiger partial charge is 0.423 e. The van der Waals surface area contributed by atoms with Crippen molar-refractivity contribution in [3.05, 3.63) is 138 Å². The second-order valence-electron chi connectivity index (χ2n) is 7.89. The minimum absolute atomic E-state index is 0. The molecule has 36 heavy (non-hydrogen) atoms. The summed E-state index contributed by atoms with van der Waals surface area (Å²) in [6.45, 7) is 0. The van der Waals surface area contributed by atoms with E-state index in [4.69, 9.17) is 16.3 Å². The van der Waals surface area contributed by atoms with Gasteiger partial charge in [-0.1, -0.05) is 108 Å². The molecule has 0 radical (unpaired) electrons. The average Bonchev–Trinajstić information content (AvgIpc) is 2.92. The van der Waals surface area contributed by atoms with Crippen LogP contribution in [0.15, 0.2) is 137 Å². The van der Waals surface area contributed by atoms with Crippen LogP contribution in [0.5, 0.6) is 5.75 Å². The summed E-state index contributed by atoms with van der Waals surface area (Å²) in [6, 6.07) is 41.5. The lowest BCUT2D eigenvalue weighted by Crippen LogP contribution is -2.08. The second kappa shape index (κ2) is 12.0. The maximum absolute atomic E-state index is 12.3. The number of esters is 1. The summed E-state index contributed by atoms with van der Waals surface area (Å²) >= 11 is 8.08. The standard InChI is InChI=1S/C31H21ClO2S.H2S/c32-29-21-25(34-31(33)24-11-5-2-6-12-24)17-20-30(29)35-26-18-15-23(16-19-26)28-14-8-7-13-27(28)22-9-3-1-4-10-22;/h1-21H;1H2. The summed E-state index contributed by atoms with van der Waals surface area (Å²) in [5.41, 5.74) is 5.25. The minimum atomic E-state index is -0.409. The van der Waals surface area contributed by atoms with E-state index in [1.165, 1.54) is 16.7 Å². The Morgan fingerprint density at radius 1 is 0.639 bits per heavy atom. The Morgan fingerprint density at radius 2 is 1.19 bits per heavy atom. The fraction of sp³-hybridized carbons (Fsp3) is 0. The van der Waals surface area contributed by atoms with Crippen LogP contribution < -0.4 is 4.74 Å². The Bertz CT molecular complexity index is 1450. The summed E-state index contributed by atoms with van der Waals surface area (Å²) in [4.78, 5) is 14.3. The highest BCUT2D eigenvalue weighted by Gasteiger charge is 2.11. The smallest absolute Gasteiger partial charge is 0.343 e. The van der Waals surface area contributed by atoms with Crippen LogP contribution in [-0.4, -0.2) is 5.97 Å². The number of hydrogen-bond acceptors (Lipinski definition) is 3. The van der Waals surface area contributed by atoms with Crippen LogP contribution >= 0.6 is 36.9 Å². The maximum Gasteiger partial charge on any atom is 0.343 e. The summed E-state index contributed by atoms with van der Waals surface area (Å²) in [7, 11) is 0. The van der Waals surface area contributed by atoms with E-state index in [2.05, 4.69) is 72.8 Å². The summed E-state index contributed by atoms with van der Waals surface area (Å²) in [6.07, 6.45) is 0. The molecule has 5 aromatic carbocycles. The van der Waals surface area contributed by atoms with Crippen molar-refractivity contribution in [2.75, 3.05) is 0 Å². The Hall–Kier alpha value is -3.44. The highest BCUT2D eigenvalue weighted by atomic mass is 35.5. The van der Waals surface area contributed by atoms with Crippen molar-refractivity contribution < 1.29 is 9.53 Å². The van der Waals surface area contributed by atoms with E-state index < -0.39 is 5.97 Å². The first-order valence-corrected chi connectivity index (χ1v) is 12.4.